The standard InChI is InChI=1S/C16H18ClNO2/c1-11(13-4-3-5-14(17)9-13)18-10-12-6-7-16(20-2)15(19)8-12/h3-9,11,18-19H,10H2,1-2H3. The number of hydrogen-bond acceptors (Lipinski definition) is 3. The van der Waals surface area contributed by atoms with Crippen molar-refractivity contribution in [2.45, 2.75) is 19.5 Å². The van der Waals surface area contributed by atoms with Crippen LogP contribution in [-0.4, -0.2) is 12.2 Å². The lowest BCUT2D eigenvalue weighted by atomic mass is 10.1. The van der Waals surface area contributed by atoms with E-state index in [4.69, 9.17) is 16.3 Å². The van der Waals surface area contributed by atoms with Crippen molar-refractivity contribution >= 4 is 11.6 Å². The van der Waals surface area contributed by atoms with Gasteiger partial charge in [0.15, 0.2) is 11.5 Å². The molecule has 0 bridgehead atoms. The molecule has 20 heavy (non-hydrogen) atoms. The predicted molar refractivity (Wildman–Crippen MR) is 81.4 cm³/mol. The Morgan fingerprint density at radius 2 is 2.05 bits per heavy atom. The molecule has 0 fully saturated rings. The molecule has 0 amide bonds. The Morgan fingerprint density at radius 3 is 2.70 bits per heavy atom. The van der Waals surface area contributed by atoms with Crippen molar-refractivity contribution in [3.05, 3.63) is 58.6 Å². The van der Waals surface area contributed by atoms with Crippen molar-refractivity contribution in [1.29, 1.82) is 0 Å². The van der Waals surface area contributed by atoms with Gasteiger partial charge in [-0.1, -0.05) is 29.8 Å². The van der Waals surface area contributed by atoms with Crippen LogP contribution in [-0.2, 0) is 6.54 Å². The lowest BCUT2D eigenvalue weighted by molar-refractivity contribution is 0.373. The zero-order chi connectivity index (χ0) is 14.5. The molecule has 2 rings (SSSR count). The minimum absolute atomic E-state index is 0.155. The van der Waals surface area contributed by atoms with E-state index < -0.39 is 0 Å². The molecule has 1 atom stereocenters. The lowest BCUT2D eigenvalue weighted by Crippen LogP contribution is -2.18. The van der Waals surface area contributed by atoms with E-state index in [0.29, 0.717) is 12.3 Å². The summed E-state index contributed by atoms with van der Waals surface area (Å²) < 4.78 is 5.02. The Kier molecular flexibility index (Phi) is 4.88. The lowest BCUT2D eigenvalue weighted by Gasteiger charge is -2.15. The second kappa shape index (κ2) is 6.64. The molecule has 0 radical (unpaired) electrons. The number of hydrogen-bond donors (Lipinski definition) is 2. The van der Waals surface area contributed by atoms with Gasteiger partial charge in [0.25, 0.3) is 0 Å². The molecule has 0 aromatic heterocycles. The van der Waals surface area contributed by atoms with Gasteiger partial charge in [-0.25, -0.2) is 0 Å². The summed E-state index contributed by atoms with van der Waals surface area (Å²) in [5.41, 5.74) is 2.13. The molecule has 2 aromatic carbocycles. The van der Waals surface area contributed by atoms with Gasteiger partial charge in [-0.3, -0.25) is 0 Å². The minimum Gasteiger partial charge on any atom is -0.504 e. The average molecular weight is 292 g/mol. The Labute approximate surface area is 124 Å². The molecule has 3 nitrogen and oxygen atoms in total. The van der Waals surface area contributed by atoms with E-state index in [-0.39, 0.29) is 11.8 Å². The van der Waals surface area contributed by atoms with Gasteiger partial charge in [0.05, 0.1) is 7.11 Å². The first-order valence-electron chi connectivity index (χ1n) is 6.45. The van der Waals surface area contributed by atoms with E-state index in [0.717, 1.165) is 16.1 Å². The molecule has 0 saturated carbocycles. The highest BCUT2D eigenvalue weighted by Crippen LogP contribution is 2.26. The van der Waals surface area contributed by atoms with E-state index in [1.54, 1.807) is 12.1 Å². The zero-order valence-electron chi connectivity index (χ0n) is 11.6. The maximum absolute atomic E-state index is 9.74. The second-order valence-electron chi connectivity index (χ2n) is 4.66. The van der Waals surface area contributed by atoms with Crippen molar-refractivity contribution in [3.63, 3.8) is 0 Å². The van der Waals surface area contributed by atoms with Crippen molar-refractivity contribution in [2.24, 2.45) is 0 Å². The molecule has 106 valence electrons. The molecular weight excluding hydrogens is 274 g/mol. The van der Waals surface area contributed by atoms with E-state index >= 15 is 0 Å². The summed E-state index contributed by atoms with van der Waals surface area (Å²) in [6.45, 7) is 2.74. The smallest absolute Gasteiger partial charge is 0.160 e. The Morgan fingerprint density at radius 1 is 1.25 bits per heavy atom. The van der Waals surface area contributed by atoms with Crippen LogP contribution < -0.4 is 10.1 Å². The molecule has 4 heteroatoms. The van der Waals surface area contributed by atoms with Crippen LogP contribution in [0.25, 0.3) is 0 Å². The van der Waals surface area contributed by atoms with Crippen molar-refractivity contribution in [3.8, 4) is 11.5 Å². The molecule has 0 saturated heterocycles. The van der Waals surface area contributed by atoms with Gasteiger partial charge in [0.2, 0.25) is 0 Å². The van der Waals surface area contributed by atoms with Crippen molar-refractivity contribution < 1.29 is 9.84 Å². The molecule has 2 aromatic rings. The van der Waals surface area contributed by atoms with E-state index in [2.05, 4.69) is 12.2 Å². The summed E-state index contributed by atoms with van der Waals surface area (Å²) in [5, 5.41) is 13.9. The number of halogens is 1. The SMILES string of the molecule is COc1ccc(CNC(C)c2cccc(Cl)c2)cc1O. The number of ether oxygens (including phenoxy) is 1. The van der Waals surface area contributed by atoms with Crippen LogP contribution in [0.4, 0.5) is 0 Å². The van der Waals surface area contributed by atoms with Crippen LogP contribution in [0, 0.1) is 0 Å². The third-order valence-corrected chi connectivity index (χ3v) is 3.44. The number of aromatic hydroxyl groups is 1. The Balaban J connectivity index is 1.99. The third-order valence-electron chi connectivity index (χ3n) is 3.20. The van der Waals surface area contributed by atoms with Crippen LogP contribution in [0.2, 0.25) is 5.02 Å². The summed E-state index contributed by atoms with van der Waals surface area (Å²) in [4.78, 5) is 0. The van der Waals surface area contributed by atoms with Gasteiger partial charge in [0, 0.05) is 17.6 Å². The van der Waals surface area contributed by atoms with Crippen LogP contribution in [0.5, 0.6) is 11.5 Å². The Hall–Kier alpha value is -1.71. The maximum atomic E-state index is 9.74. The molecular formula is C16H18ClNO2. The summed E-state index contributed by atoms with van der Waals surface area (Å²) in [6.07, 6.45) is 0. The topological polar surface area (TPSA) is 41.5 Å². The second-order valence-corrected chi connectivity index (χ2v) is 5.10. The first-order valence-corrected chi connectivity index (χ1v) is 6.82. The minimum atomic E-state index is 0.155. The molecule has 0 heterocycles. The van der Waals surface area contributed by atoms with Crippen molar-refractivity contribution in [2.75, 3.05) is 7.11 Å². The summed E-state index contributed by atoms with van der Waals surface area (Å²) in [6, 6.07) is 13.4. The summed E-state index contributed by atoms with van der Waals surface area (Å²) in [5.74, 6) is 0.638. The van der Waals surface area contributed by atoms with E-state index in [1.165, 1.54) is 7.11 Å². The monoisotopic (exact) mass is 291 g/mol. The van der Waals surface area contributed by atoms with Crippen LogP contribution >= 0.6 is 11.6 Å². The normalized spacial score (nSPS) is 12.2. The van der Waals surface area contributed by atoms with Gasteiger partial charge in [-0.2, -0.15) is 0 Å². The van der Waals surface area contributed by atoms with E-state index in [9.17, 15) is 5.11 Å². The molecule has 1 unspecified atom stereocenters. The van der Waals surface area contributed by atoms with Gasteiger partial charge < -0.3 is 15.2 Å². The summed E-state index contributed by atoms with van der Waals surface area (Å²) >= 11 is 5.99. The number of rotatable bonds is 5. The highest BCUT2D eigenvalue weighted by molar-refractivity contribution is 6.30. The zero-order valence-corrected chi connectivity index (χ0v) is 12.3. The van der Waals surface area contributed by atoms with Gasteiger partial charge in [-0.15, -0.1) is 0 Å². The molecule has 0 aliphatic rings. The van der Waals surface area contributed by atoms with Crippen molar-refractivity contribution in [1.82, 2.24) is 5.32 Å². The molecule has 0 aliphatic heterocycles. The number of phenols is 1. The number of benzene rings is 2. The number of phenolic OH excluding ortho intramolecular Hbond substituents is 1. The largest absolute Gasteiger partial charge is 0.504 e. The summed E-state index contributed by atoms with van der Waals surface area (Å²) in [7, 11) is 1.54. The van der Waals surface area contributed by atoms with Crippen LogP contribution in [0.1, 0.15) is 24.1 Å². The predicted octanol–water partition coefficient (Wildman–Crippen LogP) is 3.91. The van der Waals surface area contributed by atoms with Gasteiger partial charge in [0.1, 0.15) is 0 Å². The van der Waals surface area contributed by atoms with Crippen LogP contribution in [0.3, 0.4) is 0 Å². The molecule has 2 N–H and O–H groups in total. The Bertz CT molecular complexity index is 586. The van der Waals surface area contributed by atoms with E-state index in [1.807, 2.05) is 30.3 Å². The molecule has 0 spiro atoms. The number of nitrogens with one attached hydrogen (secondary N) is 1. The first kappa shape index (κ1) is 14.7. The highest BCUT2D eigenvalue weighted by atomic mass is 35.5. The highest BCUT2D eigenvalue weighted by Gasteiger charge is 2.07. The maximum Gasteiger partial charge on any atom is 0.160 e. The van der Waals surface area contributed by atoms with Gasteiger partial charge in [-0.05, 0) is 42.3 Å². The van der Waals surface area contributed by atoms with Crippen LogP contribution in [0.15, 0.2) is 42.5 Å². The fourth-order valence-electron chi connectivity index (χ4n) is 2.01. The molecule has 0 aliphatic carbocycles. The quantitative estimate of drug-likeness (QED) is 0.878. The first-order chi connectivity index (χ1) is 9.60. The average Bonchev–Trinajstić information content (AvgIpc) is 2.45. The number of methoxy groups -OCH3 is 1. The third kappa shape index (κ3) is 3.65. The van der Waals surface area contributed by atoms with Gasteiger partial charge >= 0.3 is 0 Å². The fourth-order valence-corrected chi connectivity index (χ4v) is 2.21. The fraction of sp³-hybridized carbons (Fsp3) is 0.250.